The molecular weight excluding hydrogens is 190 g/mol. The first-order valence-corrected chi connectivity index (χ1v) is 6.06. The predicted octanol–water partition coefficient (Wildman–Crippen LogP) is 1.65. The number of hydrogen-bond donors (Lipinski definition) is 1. The van der Waals surface area contributed by atoms with E-state index in [0.717, 1.165) is 26.1 Å². The van der Waals surface area contributed by atoms with E-state index in [2.05, 4.69) is 11.9 Å². The van der Waals surface area contributed by atoms with E-state index in [0.29, 0.717) is 6.10 Å². The van der Waals surface area contributed by atoms with Crippen LogP contribution in [0.4, 0.5) is 0 Å². The molecule has 3 heteroatoms. The smallest absolute Gasteiger partial charge is 0.0743 e. The van der Waals surface area contributed by atoms with Crippen molar-refractivity contribution in [1.82, 2.24) is 4.90 Å². The van der Waals surface area contributed by atoms with Crippen LogP contribution >= 0.6 is 0 Å². The van der Waals surface area contributed by atoms with Gasteiger partial charge in [0.2, 0.25) is 0 Å². The highest BCUT2D eigenvalue weighted by atomic mass is 16.5. The Morgan fingerprint density at radius 1 is 1.47 bits per heavy atom. The quantitative estimate of drug-likeness (QED) is 0.757. The molecule has 0 aromatic rings. The van der Waals surface area contributed by atoms with E-state index < -0.39 is 5.60 Å². The first-order valence-electron chi connectivity index (χ1n) is 6.06. The van der Waals surface area contributed by atoms with Crippen molar-refractivity contribution in [3.8, 4) is 0 Å². The first kappa shape index (κ1) is 12.9. The van der Waals surface area contributed by atoms with Crippen LogP contribution in [0.25, 0.3) is 0 Å². The largest absolute Gasteiger partial charge is 0.389 e. The highest BCUT2D eigenvalue weighted by Crippen LogP contribution is 2.15. The van der Waals surface area contributed by atoms with Crippen LogP contribution in [0.5, 0.6) is 0 Å². The maximum absolute atomic E-state index is 9.94. The zero-order valence-corrected chi connectivity index (χ0v) is 10.3. The molecule has 1 rings (SSSR count). The minimum Gasteiger partial charge on any atom is -0.389 e. The molecule has 1 aliphatic rings. The Labute approximate surface area is 93.4 Å². The van der Waals surface area contributed by atoms with E-state index in [4.69, 9.17) is 4.74 Å². The fourth-order valence-corrected chi connectivity index (χ4v) is 2.06. The number of hydrogen-bond acceptors (Lipinski definition) is 3. The second kappa shape index (κ2) is 5.83. The van der Waals surface area contributed by atoms with Crippen LogP contribution in [0, 0.1) is 0 Å². The second-order valence-corrected chi connectivity index (χ2v) is 5.04. The normalized spacial score (nSPS) is 26.6. The Kier molecular flexibility index (Phi) is 5.03. The predicted molar refractivity (Wildman–Crippen MR) is 62.0 cm³/mol. The average Bonchev–Trinajstić information content (AvgIpc) is 2.18. The molecule has 1 aliphatic heterocycles. The summed E-state index contributed by atoms with van der Waals surface area (Å²) in [5, 5.41) is 9.94. The fraction of sp³-hybridized carbons (Fsp3) is 1.00. The molecule has 90 valence electrons. The Bertz CT molecular complexity index is 176. The van der Waals surface area contributed by atoms with Gasteiger partial charge in [-0.3, -0.25) is 0 Å². The minimum atomic E-state index is -0.566. The third kappa shape index (κ3) is 4.96. The molecular formula is C12H25NO2. The highest BCUT2D eigenvalue weighted by molar-refractivity contribution is 4.76. The zero-order valence-electron chi connectivity index (χ0n) is 10.3. The molecule has 1 fully saturated rings. The lowest BCUT2D eigenvalue weighted by Crippen LogP contribution is -2.42. The lowest BCUT2D eigenvalue weighted by atomic mass is 10.0. The number of aliphatic hydroxyl groups is 1. The first-order chi connectivity index (χ1) is 7.03. The van der Waals surface area contributed by atoms with Gasteiger partial charge in [0.15, 0.2) is 0 Å². The van der Waals surface area contributed by atoms with E-state index >= 15 is 0 Å². The lowest BCUT2D eigenvalue weighted by molar-refractivity contribution is -0.0244. The third-order valence-electron chi connectivity index (χ3n) is 3.16. The van der Waals surface area contributed by atoms with Crippen LogP contribution in [-0.2, 0) is 4.74 Å². The molecule has 0 bridgehead atoms. The Morgan fingerprint density at radius 3 is 2.73 bits per heavy atom. The van der Waals surface area contributed by atoms with Gasteiger partial charge in [-0.05, 0) is 39.7 Å². The molecule has 0 aliphatic carbocycles. The van der Waals surface area contributed by atoms with Crippen LogP contribution < -0.4 is 0 Å². The molecule has 2 atom stereocenters. The molecule has 1 heterocycles. The van der Waals surface area contributed by atoms with Crippen molar-refractivity contribution in [3.63, 3.8) is 0 Å². The molecule has 3 nitrogen and oxygen atoms in total. The van der Waals surface area contributed by atoms with E-state index in [-0.39, 0.29) is 0 Å². The van der Waals surface area contributed by atoms with Gasteiger partial charge >= 0.3 is 0 Å². The molecule has 0 saturated carbocycles. The van der Waals surface area contributed by atoms with E-state index in [1.807, 2.05) is 13.8 Å². The SMILES string of the molecule is CCC(C)(O)CN(C)CC1CCCCO1. The summed E-state index contributed by atoms with van der Waals surface area (Å²) < 4.78 is 5.67. The molecule has 0 spiro atoms. The van der Waals surface area contributed by atoms with E-state index in [1.165, 1.54) is 19.3 Å². The van der Waals surface area contributed by atoms with Gasteiger partial charge in [0.1, 0.15) is 0 Å². The monoisotopic (exact) mass is 215 g/mol. The van der Waals surface area contributed by atoms with Crippen molar-refractivity contribution in [3.05, 3.63) is 0 Å². The molecule has 1 saturated heterocycles. The van der Waals surface area contributed by atoms with Crippen LogP contribution in [0.15, 0.2) is 0 Å². The Morgan fingerprint density at radius 2 is 2.20 bits per heavy atom. The summed E-state index contributed by atoms with van der Waals surface area (Å²) in [6.45, 7) is 6.48. The maximum atomic E-state index is 9.94. The molecule has 0 radical (unpaired) electrons. The average molecular weight is 215 g/mol. The molecule has 1 N–H and O–H groups in total. The lowest BCUT2D eigenvalue weighted by Gasteiger charge is -2.32. The van der Waals surface area contributed by atoms with Crippen molar-refractivity contribution >= 4 is 0 Å². The van der Waals surface area contributed by atoms with Gasteiger partial charge in [0, 0.05) is 19.7 Å². The topological polar surface area (TPSA) is 32.7 Å². The summed E-state index contributed by atoms with van der Waals surface area (Å²) >= 11 is 0. The van der Waals surface area contributed by atoms with Crippen LogP contribution in [0.3, 0.4) is 0 Å². The summed E-state index contributed by atoms with van der Waals surface area (Å²) in [4.78, 5) is 2.18. The van der Waals surface area contributed by atoms with Crippen LogP contribution in [0.2, 0.25) is 0 Å². The fourth-order valence-electron chi connectivity index (χ4n) is 2.06. The summed E-state index contributed by atoms with van der Waals surface area (Å²) in [7, 11) is 2.06. The maximum Gasteiger partial charge on any atom is 0.0743 e. The van der Waals surface area contributed by atoms with Gasteiger partial charge in [0.05, 0.1) is 11.7 Å². The van der Waals surface area contributed by atoms with E-state index in [1.54, 1.807) is 0 Å². The summed E-state index contributed by atoms with van der Waals surface area (Å²) in [5.41, 5.74) is -0.566. The second-order valence-electron chi connectivity index (χ2n) is 5.04. The Balaban J connectivity index is 2.25. The van der Waals surface area contributed by atoms with Gasteiger partial charge < -0.3 is 14.7 Å². The van der Waals surface area contributed by atoms with Gasteiger partial charge in [0.25, 0.3) is 0 Å². The summed E-state index contributed by atoms with van der Waals surface area (Å²) in [6, 6.07) is 0. The number of nitrogens with zero attached hydrogens (tertiary/aromatic N) is 1. The summed E-state index contributed by atoms with van der Waals surface area (Å²) in [6.07, 6.45) is 4.81. The van der Waals surface area contributed by atoms with Gasteiger partial charge in [-0.1, -0.05) is 6.92 Å². The Hall–Kier alpha value is -0.120. The molecule has 2 unspecified atom stereocenters. The number of likely N-dealkylation sites (N-methyl/N-ethyl adjacent to an activating group) is 1. The molecule has 0 aromatic carbocycles. The standard InChI is InChI=1S/C12H25NO2/c1-4-12(2,14)10-13(3)9-11-7-5-6-8-15-11/h11,14H,4-10H2,1-3H3. The number of ether oxygens (including phenoxy) is 1. The van der Waals surface area contributed by atoms with Crippen molar-refractivity contribution < 1.29 is 9.84 Å². The minimum absolute atomic E-state index is 0.372. The van der Waals surface area contributed by atoms with Gasteiger partial charge in [-0.15, -0.1) is 0 Å². The van der Waals surface area contributed by atoms with Gasteiger partial charge in [-0.2, -0.15) is 0 Å². The van der Waals surface area contributed by atoms with Crippen molar-refractivity contribution in [2.24, 2.45) is 0 Å². The van der Waals surface area contributed by atoms with E-state index in [9.17, 15) is 5.11 Å². The highest BCUT2D eigenvalue weighted by Gasteiger charge is 2.22. The molecule has 0 aromatic heterocycles. The zero-order chi connectivity index (χ0) is 11.3. The van der Waals surface area contributed by atoms with Crippen molar-refractivity contribution in [1.29, 1.82) is 0 Å². The molecule has 0 amide bonds. The van der Waals surface area contributed by atoms with Crippen molar-refractivity contribution in [2.75, 3.05) is 26.7 Å². The van der Waals surface area contributed by atoms with Crippen LogP contribution in [0.1, 0.15) is 39.5 Å². The summed E-state index contributed by atoms with van der Waals surface area (Å²) in [5.74, 6) is 0. The van der Waals surface area contributed by atoms with Crippen molar-refractivity contribution in [2.45, 2.75) is 51.2 Å². The molecule has 15 heavy (non-hydrogen) atoms. The van der Waals surface area contributed by atoms with Gasteiger partial charge in [-0.25, -0.2) is 0 Å². The third-order valence-corrected chi connectivity index (χ3v) is 3.16. The van der Waals surface area contributed by atoms with Crippen LogP contribution in [-0.4, -0.2) is 48.5 Å². The number of rotatable bonds is 5.